The largest absolute Gasteiger partial charge is 0.366 e. The predicted molar refractivity (Wildman–Crippen MR) is 76.5 cm³/mol. The SMILES string of the molecule is N#Cc1ccc(-n2cc(C(N)=O)c3ccccc32)cc1. The number of primary amides is 1. The molecule has 3 aromatic rings. The number of nitrogens with zero attached hydrogens (tertiary/aromatic N) is 2. The van der Waals surface area contributed by atoms with E-state index in [2.05, 4.69) is 6.07 Å². The van der Waals surface area contributed by atoms with Gasteiger partial charge in [-0.3, -0.25) is 4.79 Å². The van der Waals surface area contributed by atoms with E-state index in [1.54, 1.807) is 18.3 Å². The summed E-state index contributed by atoms with van der Waals surface area (Å²) in [7, 11) is 0. The maximum absolute atomic E-state index is 11.5. The van der Waals surface area contributed by atoms with Gasteiger partial charge >= 0.3 is 0 Å². The van der Waals surface area contributed by atoms with Crippen LogP contribution in [-0.2, 0) is 0 Å². The summed E-state index contributed by atoms with van der Waals surface area (Å²) in [5.74, 6) is -0.450. The van der Waals surface area contributed by atoms with Crippen molar-refractivity contribution in [2.45, 2.75) is 0 Å². The molecule has 0 aliphatic heterocycles. The molecule has 0 saturated heterocycles. The first-order valence-corrected chi connectivity index (χ1v) is 6.11. The summed E-state index contributed by atoms with van der Waals surface area (Å²) in [6.45, 7) is 0. The van der Waals surface area contributed by atoms with E-state index < -0.39 is 5.91 Å². The summed E-state index contributed by atoms with van der Waals surface area (Å²) in [6, 6.07) is 16.8. The standard InChI is InChI=1S/C16H11N3O/c17-9-11-5-7-12(8-6-11)19-10-14(16(18)20)13-3-1-2-4-15(13)19/h1-8,10H,(H2,18,20). The molecule has 0 saturated carbocycles. The lowest BCUT2D eigenvalue weighted by molar-refractivity contribution is 0.100. The number of rotatable bonds is 2. The molecule has 4 nitrogen and oxygen atoms in total. The van der Waals surface area contributed by atoms with Crippen LogP contribution in [-0.4, -0.2) is 10.5 Å². The van der Waals surface area contributed by atoms with Crippen LogP contribution in [0.1, 0.15) is 15.9 Å². The lowest BCUT2D eigenvalue weighted by Gasteiger charge is -2.04. The molecule has 1 heterocycles. The molecular formula is C16H11N3O. The Labute approximate surface area is 115 Å². The van der Waals surface area contributed by atoms with Crippen molar-refractivity contribution in [2.75, 3.05) is 0 Å². The third kappa shape index (κ3) is 1.82. The van der Waals surface area contributed by atoms with Crippen LogP contribution in [0, 0.1) is 11.3 Å². The molecular weight excluding hydrogens is 250 g/mol. The molecule has 0 bridgehead atoms. The van der Waals surface area contributed by atoms with Gasteiger partial charge in [0, 0.05) is 17.3 Å². The van der Waals surface area contributed by atoms with E-state index >= 15 is 0 Å². The van der Waals surface area contributed by atoms with Crippen molar-refractivity contribution in [2.24, 2.45) is 5.73 Å². The van der Waals surface area contributed by atoms with Crippen molar-refractivity contribution in [3.05, 3.63) is 65.9 Å². The Morgan fingerprint density at radius 3 is 2.45 bits per heavy atom. The second-order valence-electron chi connectivity index (χ2n) is 4.45. The third-order valence-corrected chi connectivity index (χ3v) is 3.25. The van der Waals surface area contributed by atoms with E-state index in [1.165, 1.54) is 0 Å². The Hall–Kier alpha value is -3.06. The normalized spacial score (nSPS) is 10.3. The highest BCUT2D eigenvalue weighted by Crippen LogP contribution is 2.24. The number of amides is 1. The molecule has 4 heteroatoms. The number of nitriles is 1. The molecule has 96 valence electrons. The van der Waals surface area contributed by atoms with Crippen molar-refractivity contribution in [1.82, 2.24) is 4.57 Å². The van der Waals surface area contributed by atoms with Crippen LogP contribution in [0.5, 0.6) is 0 Å². The van der Waals surface area contributed by atoms with Crippen molar-refractivity contribution in [3.63, 3.8) is 0 Å². The van der Waals surface area contributed by atoms with Gasteiger partial charge in [-0.1, -0.05) is 18.2 Å². The van der Waals surface area contributed by atoms with Gasteiger partial charge in [-0.25, -0.2) is 0 Å². The Kier molecular flexibility index (Phi) is 2.73. The second-order valence-corrected chi connectivity index (χ2v) is 4.45. The zero-order chi connectivity index (χ0) is 14.1. The maximum Gasteiger partial charge on any atom is 0.250 e. The number of aromatic nitrogens is 1. The Morgan fingerprint density at radius 2 is 1.80 bits per heavy atom. The molecule has 0 atom stereocenters. The van der Waals surface area contributed by atoms with E-state index in [-0.39, 0.29) is 0 Å². The van der Waals surface area contributed by atoms with Crippen LogP contribution in [0.4, 0.5) is 0 Å². The van der Waals surface area contributed by atoms with Crippen LogP contribution in [0.15, 0.2) is 54.7 Å². The minimum absolute atomic E-state index is 0.450. The molecule has 20 heavy (non-hydrogen) atoms. The van der Waals surface area contributed by atoms with E-state index in [1.807, 2.05) is 41.0 Å². The van der Waals surface area contributed by atoms with Gasteiger partial charge in [0.2, 0.25) is 0 Å². The molecule has 0 radical (unpaired) electrons. The summed E-state index contributed by atoms with van der Waals surface area (Å²) >= 11 is 0. The topological polar surface area (TPSA) is 71.8 Å². The van der Waals surface area contributed by atoms with Crippen molar-refractivity contribution in [1.29, 1.82) is 5.26 Å². The zero-order valence-corrected chi connectivity index (χ0v) is 10.6. The number of carbonyl (C=O) groups is 1. The molecule has 2 N–H and O–H groups in total. The monoisotopic (exact) mass is 261 g/mol. The fourth-order valence-corrected chi connectivity index (χ4v) is 2.29. The number of hydrogen-bond donors (Lipinski definition) is 1. The van der Waals surface area contributed by atoms with Gasteiger partial charge in [-0.05, 0) is 30.3 Å². The highest BCUT2D eigenvalue weighted by Gasteiger charge is 2.12. The Bertz CT molecular complexity index is 838. The van der Waals surface area contributed by atoms with Crippen LogP contribution in [0.25, 0.3) is 16.6 Å². The van der Waals surface area contributed by atoms with E-state index in [9.17, 15) is 4.79 Å². The molecule has 2 aromatic carbocycles. The van der Waals surface area contributed by atoms with E-state index in [0.717, 1.165) is 16.6 Å². The minimum Gasteiger partial charge on any atom is -0.366 e. The molecule has 0 unspecified atom stereocenters. The van der Waals surface area contributed by atoms with Gasteiger partial charge in [-0.15, -0.1) is 0 Å². The molecule has 3 rings (SSSR count). The number of hydrogen-bond acceptors (Lipinski definition) is 2. The Balaban J connectivity index is 2.25. The summed E-state index contributed by atoms with van der Waals surface area (Å²) in [4.78, 5) is 11.5. The molecule has 0 aliphatic carbocycles. The second kappa shape index (κ2) is 4.56. The number of carbonyl (C=O) groups excluding carboxylic acids is 1. The smallest absolute Gasteiger partial charge is 0.250 e. The van der Waals surface area contributed by atoms with Crippen LogP contribution >= 0.6 is 0 Å². The van der Waals surface area contributed by atoms with Crippen LogP contribution in [0.2, 0.25) is 0 Å². The van der Waals surface area contributed by atoms with Crippen LogP contribution in [0.3, 0.4) is 0 Å². The summed E-state index contributed by atoms with van der Waals surface area (Å²) in [5, 5.41) is 9.65. The average Bonchev–Trinajstić information content (AvgIpc) is 2.87. The molecule has 1 amide bonds. The first-order valence-electron chi connectivity index (χ1n) is 6.11. The number of benzene rings is 2. The number of nitrogens with two attached hydrogens (primary N) is 1. The number of para-hydroxylation sites is 1. The highest BCUT2D eigenvalue weighted by atomic mass is 16.1. The van der Waals surface area contributed by atoms with Crippen molar-refractivity contribution < 1.29 is 4.79 Å². The highest BCUT2D eigenvalue weighted by molar-refractivity contribution is 6.06. The number of fused-ring (bicyclic) bond motifs is 1. The molecule has 1 aromatic heterocycles. The Morgan fingerprint density at radius 1 is 1.10 bits per heavy atom. The third-order valence-electron chi connectivity index (χ3n) is 3.25. The van der Waals surface area contributed by atoms with Gasteiger partial charge in [0.05, 0.1) is 22.7 Å². The van der Waals surface area contributed by atoms with Gasteiger partial charge in [0.25, 0.3) is 5.91 Å². The maximum atomic E-state index is 11.5. The fourth-order valence-electron chi connectivity index (χ4n) is 2.29. The zero-order valence-electron chi connectivity index (χ0n) is 10.6. The first kappa shape index (κ1) is 12.0. The van der Waals surface area contributed by atoms with E-state index in [4.69, 9.17) is 11.0 Å². The van der Waals surface area contributed by atoms with Gasteiger partial charge in [0.15, 0.2) is 0 Å². The van der Waals surface area contributed by atoms with Crippen molar-refractivity contribution in [3.8, 4) is 11.8 Å². The summed E-state index contributed by atoms with van der Waals surface area (Å²) in [5.41, 5.74) is 8.30. The first-order chi connectivity index (χ1) is 9.70. The van der Waals surface area contributed by atoms with Crippen molar-refractivity contribution >= 4 is 16.8 Å². The summed E-state index contributed by atoms with van der Waals surface area (Å²) in [6.07, 6.45) is 1.73. The summed E-state index contributed by atoms with van der Waals surface area (Å²) < 4.78 is 1.90. The van der Waals surface area contributed by atoms with E-state index in [0.29, 0.717) is 11.1 Å². The van der Waals surface area contributed by atoms with Gasteiger partial charge < -0.3 is 10.3 Å². The van der Waals surface area contributed by atoms with Crippen LogP contribution < -0.4 is 5.73 Å². The quantitative estimate of drug-likeness (QED) is 0.770. The average molecular weight is 261 g/mol. The van der Waals surface area contributed by atoms with Gasteiger partial charge in [0.1, 0.15) is 0 Å². The minimum atomic E-state index is -0.450. The predicted octanol–water partition coefficient (Wildman–Crippen LogP) is 2.60. The molecule has 0 aliphatic rings. The fraction of sp³-hybridized carbons (Fsp3) is 0. The lowest BCUT2D eigenvalue weighted by Crippen LogP contribution is -2.10. The molecule has 0 fully saturated rings. The van der Waals surface area contributed by atoms with Gasteiger partial charge in [-0.2, -0.15) is 5.26 Å². The molecule has 0 spiro atoms. The lowest BCUT2D eigenvalue weighted by atomic mass is 10.2.